The minimum Gasteiger partial charge on any atom is -0.357 e. The van der Waals surface area contributed by atoms with Crippen molar-refractivity contribution in [3.8, 4) is 5.82 Å². The summed E-state index contributed by atoms with van der Waals surface area (Å²) in [6.45, 7) is 8.76. The predicted octanol–water partition coefficient (Wildman–Crippen LogP) is 1.64. The number of hydrogen-bond donors (Lipinski definition) is 2. The summed E-state index contributed by atoms with van der Waals surface area (Å²) in [7, 11) is 0. The summed E-state index contributed by atoms with van der Waals surface area (Å²) in [5, 5.41) is 6.73. The molecule has 0 aromatic carbocycles. The molecule has 1 aliphatic rings. The molecule has 1 aliphatic heterocycles. The van der Waals surface area contributed by atoms with E-state index in [0.29, 0.717) is 13.0 Å². The summed E-state index contributed by atoms with van der Waals surface area (Å²) in [5.41, 5.74) is 1.04. The number of likely N-dealkylation sites (tertiary alicyclic amines) is 1. The minimum atomic E-state index is 0.213. The molecule has 0 radical (unpaired) electrons. The monoisotopic (exact) mass is 383 g/mol. The molecule has 0 saturated carbocycles. The Morgan fingerprint density at radius 1 is 1.32 bits per heavy atom. The number of guanidine groups is 1. The maximum atomic E-state index is 11.9. The topological polar surface area (TPSA) is 87.4 Å². The summed E-state index contributed by atoms with van der Waals surface area (Å²) in [6.07, 6.45) is 7.01. The summed E-state index contributed by atoms with van der Waals surface area (Å²) in [6, 6.07) is 4.25. The molecular formula is C20H29N7O. The molecule has 0 aliphatic carbocycles. The Morgan fingerprint density at radius 2 is 2.18 bits per heavy atom. The molecule has 0 spiro atoms. The molecule has 150 valence electrons. The van der Waals surface area contributed by atoms with Crippen molar-refractivity contribution in [2.75, 3.05) is 19.6 Å². The van der Waals surface area contributed by atoms with Crippen molar-refractivity contribution in [2.24, 2.45) is 4.99 Å². The van der Waals surface area contributed by atoms with Gasteiger partial charge in [-0.15, -0.1) is 0 Å². The Kier molecular flexibility index (Phi) is 6.62. The smallest absolute Gasteiger partial charge is 0.222 e. The van der Waals surface area contributed by atoms with E-state index >= 15 is 0 Å². The standard InChI is InChI=1S/C20H29N7O/c1-4-19(28)26-10-8-17(14-26)25-20(21-5-2)24-13-16-6-7-18(23-12-16)27-11-9-22-15(27)3/h6-7,9,11-12,17H,4-5,8,10,13-14H2,1-3H3,(H2,21,24,25). The molecule has 2 aromatic heterocycles. The van der Waals surface area contributed by atoms with Gasteiger partial charge in [0.05, 0.1) is 6.54 Å². The van der Waals surface area contributed by atoms with Gasteiger partial charge in [0.25, 0.3) is 0 Å². The zero-order valence-electron chi connectivity index (χ0n) is 16.9. The van der Waals surface area contributed by atoms with Gasteiger partial charge in [0.2, 0.25) is 5.91 Å². The lowest BCUT2D eigenvalue weighted by Crippen LogP contribution is -2.45. The third-order valence-electron chi connectivity index (χ3n) is 4.83. The predicted molar refractivity (Wildman–Crippen MR) is 109 cm³/mol. The first-order valence-electron chi connectivity index (χ1n) is 9.88. The van der Waals surface area contributed by atoms with E-state index in [1.807, 2.05) is 54.8 Å². The summed E-state index contributed by atoms with van der Waals surface area (Å²) >= 11 is 0. The van der Waals surface area contributed by atoms with Crippen molar-refractivity contribution >= 4 is 11.9 Å². The zero-order valence-corrected chi connectivity index (χ0v) is 16.9. The molecule has 2 aromatic rings. The molecule has 8 nitrogen and oxygen atoms in total. The Balaban J connectivity index is 1.60. The lowest BCUT2D eigenvalue weighted by Gasteiger charge is -2.18. The number of nitrogens with zero attached hydrogens (tertiary/aromatic N) is 5. The van der Waals surface area contributed by atoms with Crippen LogP contribution in [0.3, 0.4) is 0 Å². The van der Waals surface area contributed by atoms with Crippen LogP contribution in [0.15, 0.2) is 35.7 Å². The fourth-order valence-corrected chi connectivity index (χ4v) is 3.28. The van der Waals surface area contributed by atoms with Gasteiger partial charge in [-0.3, -0.25) is 9.36 Å². The van der Waals surface area contributed by atoms with E-state index in [1.165, 1.54) is 0 Å². The van der Waals surface area contributed by atoms with E-state index in [9.17, 15) is 4.79 Å². The molecule has 28 heavy (non-hydrogen) atoms. The number of carbonyl (C=O) groups excluding carboxylic acids is 1. The van der Waals surface area contributed by atoms with Crippen molar-refractivity contribution in [2.45, 2.75) is 46.2 Å². The largest absolute Gasteiger partial charge is 0.357 e. The van der Waals surface area contributed by atoms with Crippen molar-refractivity contribution < 1.29 is 4.79 Å². The number of pyridine rings is 1. The maximum Gasteiger partial charge on any atom is 0.222 e. The Morgan fingerprint density at radius 3 is 2.82 bits per heavy atom. The lowest BCUT2D eigenvalue weighted by atomic mass is 10.2. The molecule has 8 heteroatoms. The normalized spacial score (nSPS) is 17.0. The second kappa shape index (κ2) is 9.34. The van der Waals surface area contributed by atoms with Gasteiger partial charge >= 0.3 is 0 Å². The average Bonchev–Trinajstić information content (AvgIpc) is 3.35. The first-order chi connectivity index (χ1) is 13.6. The number of amides is 1. The van der Waals surface area contributed by atoms with Crippen LogP contribution in [0.5, 0.6) is 0 Å². The number of aryl methyl sites for hydroxylation is 1. The molecule has 1 saturated heterocycles. The van der Waals surface area contributed by atoms with E-state index in [1.54, 1.807) is 6.20 Å². The quantitative estimate of drug-likeness (QED) is 0.585. The highest BCUT2D eigenvalue weighted by molar-refractivity contribution is 5.80. The van der Waals surface area contributed by atoms with Gasteiger partial charge in [-0.2, -0.15) is 0 Å². The highest BCUT2D eigenvalue weighted by Crippen LogP contribution is 2.11. The second-order valence-corrected chi connectivity index (χ2v) is 6.89. The molecule has 1 atom stereocenters. The number of nitrogens with one attached hydrogen (secondary N) is 2. The van der Waals surface area contributed by atoms with E-state index in [-0.39, 0.29) is 11.9 Å². The fourth-order valence-electron chi connectivity index (χ4n) is 3.28. The average molecular weight is 384 g/mol. The van der Waals surface area contributed by atoms with E-state index in [4.69, 9.17) is 0 Å². The maximum absolute atomic E-state index is 11.9. The van der Waals surface area contributed by atoms with Crippen LogP contribution >= 0.6 is 0 Å². The van der Waals surface area contributed by atoms with Gasteiger partial charge in [0.15, 0.2) is 5.96 Å². The lowest BCUT2D eigenvalue weighted by molar-refractivity contribution is -0.129. The number of rotatable bonds is 6. The van der Waals surface area contributed by atoms with E-state index in [0.717, 1.165) is 49.2 Å². The summed E-state index contributed by atoms with van der Waals surface area (Å²) in [4.78, 5) is 27.2. The van der Waals surface area contributed by atoms with Crippen LogP contribution in [-0.2, 0) is 11.3 Å². The van der Waals surface area contributed by atoms with E-state index < -0.39 is 0 Å². The molecule has 1 fully saturated rings. The van der Waals surface area contributed by atoms with Crippen LogP contribution in [0.1, 0.15) is 38.1 Å². The van der Waals surface area contributed by atoms with Crippen LogP contribution in [0, 0.1) is 6.92 Å². The van der Waals surface area contributed by atoms with Crippen LogP contribution in [0.2, 0.25) is 0 Å². The van der Waals surface area contributed by atoms with Crippen molar-refractivity contribution in [3.05, 3.63) is 42.1 Å². The first kappa shape index (κ1) is 19.9. The summed E-state index contributed by atoms with van der Waals surface area (Å²) in [5.74, 6) is 2.74. The molecule has 2 N–H and O–H groups in total. The van der Waals surface area contributed by atoms with Gasteiger partial charge in [-0.05, 0) is 31.9 Å². The SMILES string of the molecule is CCNC(=NCc1ccc(-n2ccnc2C)nc1)NC1CCN(C(=O)CC)C1. The van der Waals surface area contributed by atoms with Gasteiger partial charge in [0.1, 0.15) is 11.6 Å². The zero-order chi connectivity index (χ0) is 19.9. The molecule has 0 bridgehead atoms. The van der Waals surface area contributed by atoms with Crippen LogP contribution in [0.25, 0.3) is 5.82 Å². The highest BCUT2D eigenvalue weighted by atomic mass is 16.2. The molecular weight excluding hydrogens is 354 g/mol. The molecule has 3 rings (SSSR count). The van der Waals surface area contributed by atoms with Gasteiger partial charge in [-0.1, -0.05) is 13.0 Å². The van der Waals surface area contributed by atoms with Crippen molar-refractivity contribution in [1.29, 1.82) is 0 Å². The van der Waals surface area contributed by atoms with Crippen molar-refractivity contribution in [1.82, 2.24) is 30.1 Å². The number of aliphatic imine (C=N–C) groups is 1. The van der Waals surface area contributed by atoms with E-state index in [2.05, 4.69) is 25.6 Å². The number of carbonyl (C=O) groups is 1. The third-order valence-corrected chi connectivity index (χ3v) is 4.83. The Hall–Kier alpha value is -2.90. The van der Waals surface area contributed by atoms with Crippen molar-refractivity contribution in [3.63, 3.8) is 0 Å². The first-order valence-corrected chi connectivity index (χ1v) is 9.88. The Bertz CT molecular complexity index is 812. The van der Waals surface area contributed by atoms with Gasteiger partial charge in [0, 0.05) is 50.7 Å². The third kappa shape index (κ3) is 4.88. The number of hydrogen-bond acceptors (Lipinski definition) is 4. The number of aromatic nitrogens is 3. The second-order valence-electron chi connectivity index (χ2n) is 6.89. The van der Waals surface area contributed by atoms with Crippen LogP contribution in [-0.4, -0.2) is 57.0 Å². The molecule has 1 unspecified atom stereocenters. The molecule has 3 heterocycles. The van der Waals surface area contributed by atoms with Crippen LogP contribution < -0.4 is 10.6 Å². The van der Waals surface area contributed by atoms with Gasteiger partial charge < -0.3 is 15.5 Å². The summed E-state index contributed by atoms with van der Waals surface area (Å²) < 4.78 is 1.95. The fraction of sp³-hybridized carbons (Fsp3) is 0.500. The van der Waals surface area contributed by atoms with Crippen LogP contribution in [0.4, 0.5) is 0 Å². The highest BCUT2D eigenvalue weighted by Gasteiger charge is 2.25. The van der Waals surface area contributed by atoms with Gasteiger partial charge in [-0.25, -0.2) is 15.0 Å². The minimum absolute atomic E-state index is 0.213. The number of imidazole rings is 1. The molecule has 1 amide bonds. The Labute approximate surface area is 166 Å².